The maximum absolute atomic E-state index is 10.9. The molecule has 1 fully saturated rings. The fourth-order valence-corrected chi connectivity index (χ4v) is 2.97. The number of benzene rings is 1. The summed E-state index contributed by atoms with van der Waals surface area (Å²) in [5.74, 6) is 0.978. The predicted molar refractivity (Wildman–Crippen MR) is 82.5 cm³/mol. The minimum absolute atomic E-state index is 0.0477. The van der Waals surface area contributed by atoms with Crippen LogP contribution in [0, 0.1) is 5.92 Å². The molecule has 1 heterocycles. The average molecular weight is 341 g/mol. The minimum Gasteiger partial charge on any atom is -0.508 e. The molecule has 4 nitrogen and oxygen atoms in total. The zero-order valence-electron chi connectivity index (χ0n) is 11.7. The lowest BCUT2D eigenvalue weighted by atomic mass is 9.96. The molecule has 20 heavy (non-hydrogen) atoms. The fourth-order valence-electron chi connectivity index (χ4n) is 2.56. The standard InChI is InChI=1S/C15H21BrN2O2/c1-11(19)17-9-12-4-6-18(7-5-12)10-13-8-14(16)2-3-15(13)20/h2-3,8,12,20H,4-7,9-10H2,1H3,(H,17,19). The molecule has 1 amide bonds. The number of hydrogen-bond donors (Lipinski definition) is 2. The first-order valence-electron chi connectivity index (χ1n) is 6.99. The molecule has 0 aliphatic carbocycles. The number of hydrogen-bond acceptors (Lipinski definition) is 3. The van der Waals surface area contributed by atoms with Gasteiger partial charge in [-0.2, -0.15) is 0 Å². The van der Waals surface area contributed by atoms with Crippen molar-refractivity contribution in [2.75, 3.05) is 19.6 Å². The van der Waals surface area contributed by atoms with Gasteiger partial charge in [0.2, 0.25) is 5.91 Å². The van der Waals surface area contributed by atoms with Crippen molar-refractivity contribution in [1.29, 1.82) is 0 Å². The molecule has 5 heteroatoms. The number of phenolic OH excluding ortho intramolecular Hbond substituents is 1. The van der Waals surface area contributed by atoms with Crippen molar-refractivity contribution in [2.45, 2.75) is 26.3 Å². The van der Waals surface area contributed by atoms with Crippen LogP contribution in [0.25, 0.3) is 0 Å². The number of carbonyl (C=O) groups excluding carboxylic acids is 1. The Kier molecular flexibility index (Phi) is 5.43. The van der Waals surface area contributed by atoms with E-state index in [1.165, 1.54) is 0 Å². The lowest BCUT2D eigenvalue weighted by molar-refractivity contribution is -0.119. The molecule has 0 spiro atoms. The number of carbonyl (C=O) groups is 1. The molecule has 0 radical (unpaired) electrons. The van der Waals surface area contributed by atoms with Crippen LogP contribution in [0.3, 0.4) is 0 Å². The quantitative estimate of drug-likeness (QED) is 0.885. The molecule has 110 valence electrons. The van der Waals surface area contributed by atoms with Gasteiger partial charge in [-0.3, -0.25) is 9.69 Å². The number of likely N-dealkylation sites (tertiary alicyclic amines) is 1. The molecule has 1 aromatic rings. The van der Waals surface area contributed by atoms with Crippen LogP contribution in [-0.4, -0.2) is 35.5 Å². The second-order valence-corrected chi connectivity index (χ2v) is 6.35. The van der Waals surface area contributed by atoms with Gasteiger partial charge in [0.05, 0.1) is 0 Å². The van der Waals surface area contributed by atoms with Crippen LogP contribution in [0.2, 0.25) is 0 Å². The van der Waals surface area contributed by atoms with Gasteiger partial charge in [0.1, 0.15) is 5.75 Å². The van der Waals surface area contributed by atoms with Gasteiger partial charge in [-0.15, -0.1) is 0 Å². The second-order valence-electron chi connectivity index (χ2n) is 5.43. The van der Waals surface area contributed by atoms with Crippen molar-refractivity contribution in [1.82, 2.24) is 10.2 Å². The highest BCUT2D eigenvalue weighted by atomic mass is 79.9. The fraction of sp³-hybridized carbons (Fsp3) is 0.533. The average Bonchev–Trinajstić information content (AvgIpc) is 2.42. The number of aromatic hydroxyl groups is 1. The van der Waals surface area contributed by atoms with E-state index in [2.05, 4.69) is 26.1 Å². The first-order chi connectivity index (χ1) is 9.54. The zero-order valence-corrected chi connectivity index (χ0v) is 13.3. The minimum atomic E-state index is 0.0477. The van der Waals surface area contributed by atoms with E-state index in [-0.39, 0.29) is 5.91 Å². The number of rotatable bonds is 4. The predicted octanol–water partition coefficient (Wildman–Crippen LogP) is 2.50. The molecule has 1 aliphatic heterocycles. The summed E-state index contributed by atoms with van der Waals surface area (Å²) in [6.07, 6.45) is 2.18. The monoisotopic (exact) mass is 340 g/mol. The highest BCUT2D eigenvalue weighted by Crippen LogP contribution is 2.25. The zero-order chi connectivity index (χ0) is 14.5. The van der Waals surface area contributed by atoms with Gasteiger partial charge >= 0.3 is 0 Å². The van der Waals surface area contributed by atoms with E-state index >= 15 is 0 Å². The third-order valence-corrected chi connectivity index (χ3v) is 4.28. The summed E-state index contributed by atoms with van der Waals surface area (Å²) < 4.78 is 0.992. The Hall–Kier alpha value is -1.07. The van der Waals surface area contributed by atoms with E-state index in [1.807, 2.05) is 12.1 Å². The Labute approximate surface area is 128 Å². The number of halogens is 1. The van der Waals surface area contributed by atoms with Crippen LogP contribution >= 0.6 is 15.9 Å². The normalized spacial score (nSPS) is 17.1. The summed E-state index contributed by atoms with van der Waals surface area (Å²) in [5, 5.41) is 12.8. The summed E-state index contributed by atoms with van der Waals surface area (Å²) in [6.45, 7) is 5.14. The number of amides is 1. The highest BCUT2D eigenvalue weighted by Gasteiger charge is 2.20. The third kappa shape index (κ3) is 4.49. The summed E-state index contributed by atoms with van der Waals surface area (Å²) in [4.78, 5) is 13.3. The lowest BCUT2D eigenvalue weighted by Gasteiger charge is -2.32. The number of piperidine rings is 1. The molecular formula is C15H21BrN2O2. The molecule has 0 aromatic heterocycles. The van der Waals surface area contributed by atoms with Gasteiger partial charge in [-0.1, -0.05) is 15.9 Å². The molecule has 0 unspecified atom stereocenters. The van der Waals surface area contributed by atoms with Crippen molar-refractivity contribution in [3.63, 3.8) is 0 Å². The summed E-state index contributed by atoms with van der Waals surface area (Å²) in [6, 6.07) is 5.54. The Morgan fingerprint density at radius 1 is 1.45 bits per heavy atom. The lowest BCUT2D eigenvalue weighted by Crippen LogP contribution is -2.37. The molecule has 0 bridgehead atoms. The Morgan fingerprint density at radius 2 is 2.15 bits per heavy atom. The SMILES string of the molecule is CC(=O)NCC1CCN(Cc2cc(Br)ccc2O)CC1. The van der Waals surface area contributed by atoms with Crippen molar-refractivity contribution in [3.8, 4) is 5.75 Å². The highest BCUT2D eigenvalue weighted by molar-refractivity contribution is 9.10. The van der Waals surface area contributed by atoms with Crippen molar-refractivity contribution >= 4 is 21.8 Å². The van der Waals surface area contributed by atoms with Gasteiger partial charge in [0.25, 0.3) is 0 Å². The van der Waals surface area contributed by atoms with Gasteiger partial charge in [0, 0.05) is 30.0 Å². The number of phenols is 1. The van der Waals surface area contributed by atoms with Crippen molar-refractivity contribution in [3.05, 3.63) is 28.2 Å². The second kappa shape index (κ2) is 7.09. The van der Waals surface area contributed by atoms with E-state index in [0.29, 0.717) is 11.7 Å². The van der Waals surface area contributed by atoms with Crippen LogP contribution < -0.4 is 5.32 Å². The van der Waals surface area contributed by atoms with E-state index in [0.717, 1.165) is 49.1 Å². The Bertz CT molecular complexity index is 471. The summed E-state index contributed by atoms with van der Waals surface area (Å²) in [5.41, 5.74) is 0.958. The molecule has 1 saturated heterocycles. The maximum atomic E-state index is 10.9. The van der Waals surface area contributed by atoms with Crippen LogP contribution in [-0.2, 0) is 11.3 Å². The van der Waals surface area contributed by atoms with Crippen LogP contribution in [0.1, 0.15) is 25.3 Å². The van der Waals surface area contributed by atoms with Gasteiger partial charge in [-0.25, -0.2) is 0 Å². The van der Waals surface area contributed by atoms with Crippen LogP contribution in [0.4, 0.5) is 0 Å². The van der Waals surface area contributed by atoms with Gasteiger partial charge in [0.15, 0.2) is 0 Å². The summed E-state index contributed by atoms with van der Waals surface area (Å²) in [7, 11) is 0. The van der Waals surface area contributed by atoms with E-state index < -0.39 is 0 Å². The van der Waals surface area contributed by atoms with Gasteiger partial charge in [-0.05, 0) is 50.0 Å². The third-order valence-electron chi connectivity index (χ3n) is 3.78. The largest absolute Gasteiger partial charge is 0.508 e. The summed E-state index contributed by atoms with van der Waals surface area (Å²) >= 11 is 3.43. The van der Waals surface area contributed by atoms with Crippen LogP contribution in [0.5, 0.6) is 5.75 Å². The Balaban J connectivity index is 1.82. The topological polar surface area (TPSA) is 52.6 Å². The first-order valence-corrected chi connectivity index (χ1v) is 7.78. The van der Waals surface area contributed by atoms with Crippen LogP contribution in [0.15, 0.2) is 22.7 Å². The first kappa shape index (κ1) is 15.3. The molecule has 2 rings (SSSR count). The van der Waals surface area contributed by atoms with E-state index in [4.69, 9.17) is 0 Å². The smallest absolute Gasteiger partial charge is 0.216 e. The Morgan fingerprint density at radius 3 is 2.80 bits per heavy atom. The maximum Gasteiger partial charge on any atom is 0.216 e. The van der Waals surface area contributed by atoms with Crippen molar-refractivity contribution < 1.29 is 9.90 Å². The van der Waals surface area contributed by atoms with Crippen molar-refractivity contribution in [2.24, 2.45) is 5.92 Å². The molecule has 0 atom stereocenters. The molecule has 1 aromatic carbocycles. The number of nitrogens with zero attached hydrogens (tertiary/aromatic N) is 1. The van der Waals surface area contributed by atoms with E-state index in [9.17, 15) is 9.90 Å². The molecular weight excluding hydrogens is 320 g/mol. The van der Waals surface area contributed by atoms with E-state index in [1.54, 1.807) is 13.0 Å². The molecule has 2 N–H and O–H groups in total. The molecule has 1 aliphatic rings. The number of nitrogens with one attached hydrogen (secondary N) is 1. The van der Waals surface area contributed by atoms with Gasteiger partial charge < -0.3 is 10.4 Å². The molecule has 0 saturated carbocycles.